The van der Waals surface area contributed by atoms with E-state index in [2.05, 4.69) is 9.98 Å². The quantitative estimate of drug-likeness (QED) is 0.725. The number of aromatic hydroxyl groups is 1. The van der Waals surface area contributed by atoms with E-state index in [0.29, 0.717) is 22.3 Å². The number of carboxylic acids is 1. The molecule has 1 aromatic heterocycles. The van der Waals surface area contributed by atoms with Gasteiger partial charge in [0, 0.05) is 11.8 Å². The van der Waals surface area contributed by atoms with E-state index in [9.17, 15) is 9.90 Å². The third-order valence-corrected chi connectivity index (χ3v) is 5.76. The van der Waals surface area contributed by atoms with Crippen LogP contribution in [-0.4, -0.2) is 38.0 Å². The molecule has 6 nitrogen and oxygen atoms in total. The minimum atomic E-state index is -0.909. The van der Waals surface area contributed by atoms with Gasteiger partial charge in [0.25, 0.3) is 0 Å². The number of fused-ring (bicyclic) bond motifs is 1. The average molecular weight is 372 g/mol. The molecule has 0 saturated heterocycles. The maximum absolute atomic E-state index is 11.0. The van der Waals surface area contributed by atoms with Crippen molar-refractivity contribution in [3.05, 3.63) is 47.5 Å². The second kappa shape index (κ2) is 6.38. The zero-order chi connectivity index (χ0) is 17.4. The number of aliphatic imine (C=N–C) groups is 1. The molecular weight excluding hydrogens is 360 g/mol. The molecule has 0 unspecified atom stereocenters. The predicted octanol–water partition coefficient (Wildman–Crippen LogP) is 3.74. The number of thiazole rings is 1. The summed E-state index contributed by atoms with van der Waals surface area (Å²) >= 11 is 2.88. The van der Waals surface area contributed by atoms with Crippen LogP contribution >= 0.6 is 23.1 Å². The molecule has 0 radical (unpaired) electrons. The number of phenolic OH excluding ortho intramolecular Hbond substituents is 1. The summed E-state index contributed by atoms with van der Waals surface area (Å²) in [5.74, 6) is 1.01. The maximum Gasteiger partial charge on any atom is 0.329 e. The van der Waals surface area contributed by atoms with Crippen LogP contribution < -0.4 is 4.74 Å². The molecular formula is C17H12N2O4S2. The molecule has 0 aliphatic carbocycles. The highest BCUT2D eigenvalue weighted by molar-refractivity contribution is 8.15. The highest BCUT2D eigenvalue weighted by Gasteiger charge is 2.26. The lowest BCUT2D eigenvalue weighted by Crippen LogP contribution is -2.17. The number of phenols is 1. The third kappa shape index (κ3) is 3.31. The predicted molar refractivity (Wildman–Crippen MR) is 98.2 cm³/mol. The number of rotatable bonds is 4. The van der Waals surface area contributed by atoms with Crippen molar-refractivity contribution in [1.82, 2.24) is 4.98 Å². The van der Waals surface area contributed by atoms with Crippen LogP contribution in [-0.2, 0) is 4.79 Å². The molecule has 1 aliphatic heterocycles. The number of carbonyl (C=O) groups is 1. The van der Waals surface area contributed by atoms with Gasteiger partial charge >= 0.3 is 5.97 Å². The van der Waals surface area contributed by atoms with E-state index < -0.39 is 12.0 Å². The summed E-state index contributed by atoms with van der Waals surface area (Å²) in [6.45, 7) is 0. The zero-order valence-corrected chi connectivity index (χ0v) is 14.4. The lowest BCUT2D eigenvalue weighted by molar-refractivity contribution is -0.137. The largest absolute Gasteiger partial charge is 0.508 e. The van der Waals surface area contributed by atoms with Crippen LogP contribution in [0.25, 0.3) is 10.2 Å². The molecule has 1 aliphatic rings. The molecule has 126 valence electrons. The van der Waals surface area contributed by atoms with Gasteiger partial charge in [-0.05, 0) is 36.4 Å². The third-order valence-electron chi connectivity index (χ3n) is 3.55. The molecule has 0 amide bonds. The van der Waals surface area contributed by atoms with E-state index in [1.165, 1.54) is 23.1 Å². The second-order valence-electron chi connectivity index (χ2n) is 5.34. The Morgan fingerprint density at radius 2 is 1.92 bits per heavy atom. The van der Waals surface area contributed by atoms with Crippen molar-refractivity contribution in [2.75, 3.05) is 5.75 Å². The Bertz CT molecular complexity index is 982. The minimum Gasteiger partial charge on any atom is -0.508 e. The Labute approximate surface area is 150 Å². The van der Waals surface area contributed by atoms with Crippen LogP contribution in [0.2, 0.25) is 0 Å². The number of benzene rings is 2. The van der Waals surface area contributed by atoms with Crippen LogP contribution in [0.1, 0.15) is 5.01 Å². The Kier molecular flexibility index (Phi) is 4.06. The number of ether oxygens (including phenoxy) is 1. The summed E-state index contributed by atoms with van der Waals surface area (Å²) in [6.07, 6.45) is 0. The van der Waals surface area contributed by atoms with Gasteiger partial charge in [-0.2, -0.15) is 0 Å². The summed E-state index contributed by atoms with van der Waals surface area (Å²) in [6, 6.07) is 11.4. The van der Waals surface area contributed by atoms with Gasteiger partial charge in [-0.15, -0.1) is 23.1 Å². The normalized spacial score (nSPS) is 16.8. The number of aromatic nitrogens is 1. The van der Waals surface area contributed by atoms with E-state index in [-0.39, 0.29) is 5.75 Å². The first-order chi connectivity index (χ1) is 12.1. The number of carboxylic acid groups (broad SMARTS) is 1. The van der Waals surface area contributed by atoms with E-state index >= 15 is 0 Å². The summed E-state index contributed by atoms with van der Waals surface area (Å²) in [5.41, 5.74) is 0.820. The number of aliphatic carboxylic acids is 1. The lowest BCUT2D eigenvalue weighted by atomic mass is 10.3. The smallest absolute Gasteiger partial charge is 0.329 e. The van der Waals surface area contributed by atoms with Crippen molar-refractivity contribution in [3.63, 3.8) is 0 Å². The number of thioether (sulfide) groups is 1. The number of nitrogens with zero attached hydrogens (tertiary/aromatic N) is 2. The molecule has 2 aromatic carbocycles. The maximum atomic E-state index is 11.0. The van der Waals surface area contributed by atoms with Crippen LogP contribution in [0.3, 0.4) is 0 Å². The average Bonchev–Trinajstić information content (AvgIpc) is 3.23. The van der Waals surface area contributed by atoms with Gasteiger partial charge in [-0.25, -0.2) is 9.78 Å². The van der Waals surface area contributed by atoms with E-state index in [1.807, 2.05) is 18.2 Å². The topological polar surface area (TPSA) is 92.0 Å². The van der Waals surface area contributed by atoms with Gasteiger partial charge in [0.1, 0.15) is 27.3 Å². The van der Waals surface area contributed by atoms with Crippen molar-refractivity contribution in [2.24, 2.45) is 4.99 Å². The van der Waals surface area contributed by atoms with Crippen LogP contribution in [0.5, 0.6) is 17.2 Å². The monoisotopic (exact) mass is 372 g/mol. The minimum absolute atomic E-state index is 0.185. The Morgan fingerprint density at radius 1 is 1.16 bits per heavy atom. The van der Waals surface area contributed by atoms with Gasteiger partial charge in [0.15, 0.2) is 6.04 Å². The molecule has 0 spiro atoms. The summed E-state index contributed by atoms with van der Waals surface area (Å²) in [7, 11) is 0. The second-order valence-corrected chi connectivity index (χ2v) is 7.38. The summed E-state index contributed by atoms with van der Waals surface area (Å²) < 4.78 is 6.72. The Hall–Kier alpha value is -2.58. The standard InChI is InChI=1S/C17H12N2O4S2/c20-9-1-3-10(4-2-9)23-11-5-6-12-14(7-11)25-16(18-12)15-19-13(8-24-15)17(21)22/h1-7,13,20H,8H2,(H,21,22)/t13-/m1/s1. The molecule has 0 fully saturated rings. The van der Waals surface area contributed by atoms with Crippen LogP contribution in [0.4, 0.5) is 0 Å². The van der Waals surface area contributed by atoms with E-state index in [4.69, 9.17) is 9.84 Å². The van der Waals surface area contributed by atoms with Crippen molar-refractivity contribution in [2.45, 2.75) is 6.04 Å². The molecule has 0 bridgehead atoms. The van der Waals surface area contributed by atoms with Gasteiger partial charge < -0.3 is 14.9 Å². The van der Waals surface area contributed by atoms with E-state index in [1.54, 1.807) is 24.3 Å². The first-order valence-corrected chi connectivity index (χ1v) is 9.20. The van der Waals surface area contributed by atoms with Crippen molar-refractivity contribution in [1.29, 1.82) is 0 Å². The fourth-order valence-electron chi connectivity index (χ4n) is 2.33. The molecule has 2 N–H and O–H groups in total. The number of hydrogen-bond donors (Lipinski definition) is 2. The van der Waals surface area contributed by atoms with Gasteiger partial charge in [-0.3, -0.25) is 4.99 Å². The zero-order valence-electron chi connectivity index (χ0n) is 12.7. The van der Waals surface area contributed by atoms with Crippen molar-refractivity contribution >= 4 is 44.3 Å². The van der Waals surface area contributed by atoms with E-state index in [0.717, 1.165) is 15.2 Å². The van der Waals surface area contributed by atoms with Crippen molar-refractivity contribution in [3.8, 4) is 17.2 Å². The highest BCUT2D eigenvalue weighted by atomic mass is 32.2. The van der Waals surface area contributed by atoms with Crippen LogP contribution in [0.15, 0.2) is 47.5 Å². The molecule has 8 heteroatoms. The van der Waals surface area contributed by atoms with Gasteiger partial charge in [0.05, 0.1) is 10.2 Å². The fourth-order valence-corrected chi connectivity index (χ4v) is 4.42. The molecule has 25 heavy (non-hydrogen) atoms. The molecule has 3 aromatic rings. The number of hydrogen-bond acceptors (Lipinski definition) is 7. The lowest BCUT2D eigenvalue weighted by Gasteiger charge is -2.05. The molecule has 2 heterocycles. The summed E-state index contributed by atoms with van der Waals surface area (Å²) in [4.78, 5) is 19.8. The van der Waals surface area contributed by atoms with Gasteiger partial charge in [-0.1, -0.05) is 0 Å². The first-order valence-electron chi connectivity index (χ1n) is 7.40. The summed E-state index contributed by atoms with van der Waals surface area (Å²) in [5, 5.41) is 19.8. The Balaban J connectivity index is 1.60. The molecule has 4 rings (SSSR count). The van der Waals surface area contributed by atoms with Crippen LogP contribution in [0, 0.1) is 0 Å². The van der Waals surface area contributed by atoms with Crippen molar-refractivity contribution < 1.29 is 19.7 Å². The fraction of sp³-hybridized carbons (Fsp3) is 0.118. The van der Waals surface area contributed by atoms with Gasteiger partial charge in [0.2, 0.25) is 0 Å². The first kappa shape index (κ1) is 15.9. The highest BCUT2D eigenvalue weighted by Crippen LogP contribution is 2.33. The molecule has 1 atom stereocenters. The SMILES string of the molecule is O=C(O)[C@H]1CSC(c2nc3ccc(Oc4ccc(O)cc4)cc3s2)=N1. The Morgan fingerprint density at radius 3 is 2.64 bits per heavy atom. The molecule has 0 saturated carbocycles.